The van der Waals surface area contributed by atoms with Gasteiger partial charge in [-0.25, -0.2) is 0 Å². The number of hydroxylamine groups is 2. The van der Waals surface area contributed by atoms with Crippen LogP contribution in [0.5, 0.6) is 0 Å². The summed E-state index contributed by atoms with van der Waals surface area (Å²) in [6.45, 7) is 3.23. The Kier molecular flexibility index (Phi) is 4.53. The normalized spacial score (nSPS) is 20.2. The van der Waals surface area contributed by atoms with Crippen molar-refractivity contribution in [3.63, 3.8) is 0 Å². The Morgan fingerprint density at radius 2 is 2.17 bits per heavy atom. The molecule has 0 aromatic heterocycles. The molecule has 1 fully saturated rings. The molecule has 0 atom stereocenters. The first-order chi connectivity index (χ1) is 5.84. The summed E-state index contributed by atoms with van der Waals surface area (Å²) in [4.78, 5) is 0. The van der Waals surface area contributed by atoms with Crippen LogP contribution in [0.3, 0.4) is 0 Å². The minimum atomic E-state index is 0.321. The van der Waals surface area contributed by atoms with Crippen molar-refractivity contribution in [2.75, 3.05) is 33.4 Å². The Hall–Kier alpha value is -0.160. The number of piperidine rings is 1. The SMILES string of the molecule is COCCN(O)C1CCNCC1. The highest BCUT2D eigenvalue weighted by atomic mass is 16.5. The second kappa shape index (κ2) is 5.48. The van der Waals surface area contributed by atoms with E-state index in [1.165, 1.54) is 5.06 Å². The smallest absolute Gasteiger partial charge is 0.0613 e. The third-order valence-corrected chi connectivity index (χ3v) is 2.25. The fourth-order valence-electron chi connectivity index (χ4n) is 1.47. The molecule has 1 saturated heterocycles. The minimum absolute atomic E-state index is 0.321. The first kappa shape index (κ1) is 9.92. The van der Waals surface area contributed by atoms with Crippen molar-refractivity contribution in [2.45, 2.75) is 18.9 Å². The van der Waals surface area contributed by atoms with Crippen LogP contribution in [0.1, 0.15) is 12.8 Å². The van der Waals surface area contributed by atoms with E-state index in [2.05, 4.69) is 5.32 Å². The van der Waals surface area contributed by atoms with Crippen LogP contribution < -0.4 is 5.32 Å². The Labute approximate surface area is 73.5 Å². The van der Waals surface area contributed by atoms with Gasteiger partial charge in [-0.2, -0.15) is 5.06 Å². The predicted octanol–water partition coefficient (Wildman–Crippen LogP) is 0.0760. The Bertz CT molecular complexity index is 116. The van der Waals surface area contributed by atoms with E-state index in [-0.39, 0.29) is 0 Å². The number of nitrogens with zero attached hydrogens (tertiary/aromatic N) is 1. The molecule has 0 saturated carbocycles. The Morgan fingerprint density at radius 1 is 1.50 bits per heavy atom. The molecule has 1 rings (SSSR count). The molecule has 0 aromatic rings. The second-order valence-corrected chi connectivity index (χ2v) is 3.14. The highest BCUT2D eigenvalue weighted by molar-refractivity contribution is 4.73. The summed E-state index contributed by atoms with van der Waals surface area (Å²) in [5.41, 5.74) is 0. The molecule has 0 unspecified atom stereocenters. The molecule has 0 amide bonds. The van der Waals surface area contributed by atoms with E-state index in [0.29, 0.717) is 19.2 Å². The lowest BCUT2D eigenvalue weighted by molar-refractivity contribution is -0.141. The lowest BCUT2D eigenvalue weighted by atomic mass is 10.1. The largest absolute Gasteiger partial charge is 0.383 e. The van der Waals surface area contributed by atoms with Crippen LogP contribution in [0, 0.1) is 0 Å². The van der Waals surface area contributed by atoms with Crippen molar-refractivity contribution in [1.29, 1.82) is 0 Å². The quantitative estimate of drug-likeness (QED) is 0.592. The summed E-state index contributed by atoms with van der Waals surface area (Å²) in [5, 5.41) is 14.2. The standard InChI is InChI=1S/C8H18N2O2/c1-12-7-6-10(11)8-2-4-9-5-3-8/h8-9,11H,2-7H2,1H3. The van der Waals surface area contributed by atoms with Crippen molar-refractivity contribution in [1.82, 2.24) is 10.4 Å². The van der Waals surface area contributed by atoms with Crippen LogP contribution in [0.2, 0.25) is 0 Å². The van der Waals surface area contributed by atoms with Gasteiger partial charge in [0.1, 0.15) is 0 Å². The first-order valence-corrected chi connectivity index (χ1v) is 4.49. The molecule has 1 heterocycles. The number of hydrogen-bond donors (Lipinski definition) is 2. The van der Waals surface area contributed by atoms with E-state index in [4.69, 9.17) is 4.74 Å². The van der Waals surface area contributed by atoms with Gasteiger partial charge in [-0.05, 0) is 25.9 Å². The van der Waals surface area contributed by atoms with E-state index in [9.17, 15) is 5.21 Å². The molecule has 0 radical (unpaired) electrons. The molecule has 1 aliphatic heterocycles. The van der Waals surface area contributed by atoms with Crippen molar-refractivity contribution >= 4 is 0 Å². The summed E-state index contributed by atoms with van der Waals surface area (Å²) in [5.74, 6) is 0. The molecule has 4 heteroatoms. The topological polar surface area (TPSA) is 44.7 Å². The van der Waals surface area contributed by atoms with Gasteiger partial charge in [-0.3, -0.25) is 0 Å². The summed E-state index contributed by atoms with van der Waals surface area (Å²) in [6, 6.07) is 0.321. The molecular formula is C8H18N2O2. The van der Waals surface area contributed by atoms with Gasteiger partial charge < -0.3 is 15.3 Å². The van der Waals surface area contributed by atoms with Gasteiger partial charge in [-0.15, -0.1) is 0 Å². The van der Waals surface area contributed by atoms with E-state index < -0.39 is 0 Å². The van der Waals surface area contributed by atoms with Gasteiger partial charge in [-0.1, -0.05) is 0 Å². The van der Waals surface area contributed by atoms with Gasteiger partial charge in [0.15, 0.2) is 0 Å². The molecule has 0 aliphatic carbocycles. The molecule has 1 aliphatic rings. The molecule has 4 nitrogen and oxygen atoms in total. The van der Waals surface area contributed by atoms with E-state index in [0.717, 1.165) is 25.9 Å². The monoisotopic (exact) mass is 174 g/mol. The average Bonchev–Trinajstić information content (AvgIpc) is 2.15. The Balaban J connectivity index is 2.15. The van der Waals surface area contributed by atoms with Gasteiger partial charge >= 0.3 is 0 Å². The zero-order valence-corrected chi connectivity index (χ0v) is 7.62. The van der Waals surface area contributed by atoms with E-state index >= 15 is 0 Å². The van der Waals surface area contributed by atoms with Crippen LogP contribution in [0.4, 0.5) is 0 Å². The molecule has 72 valence electrons. The predicted molar refractivity (Wildman–Crippen MR) is 46.3 cm³/mol. The summed E-state index contributed by atoms with van der Waals surface area (Å²) in [7, 11) is 1.65. The minimum Gasteiger partial charge on any atom is -0.383 e. The molecular weight excluding hydrogens is 156 g/mol. The first-order valence-electron chi connectivity index (χ1n) is 4.49. The lowest BCUT2D eigenvalue weighted by Gasteiger charge is -2.29. The number of hydrogen-bond acceptors (Lipinski definition) is 4. The Morgan fingerprint density at radius 3 is 2.75 bits per heavy atom. The van der Waals surface area contributed by atoms with Gasteiger partial charge in [0.05, 0.1) is 6.61 Å². The molecule has 0 spiro atoms. The summed E-state index contributed by atoms with van der Waals surface area (Å²) in [6.07, 6.45) is 2.06. The van der Waals surface area contributed by atoms with Gasteiger partial charge in [0, 0.05) is 19.7 Å². The fraction of sp³-hybridized carbons (Fsp3) is 1.00. The van der Waals surface area contributed by atoms with Gasteiger partial charge in [0.2, 0.25) is 0 Å². The maximum absolute atomic E-state index is 9.53. The summed E-state index contributed by atoms with van der Waals surface area (Å²) >= 11 is 0. The van der Waals surface area contributed by atoms with Crippen molar-refractivity contribution < 1.29 is 9.94 Å². The number of ether oxygens (including phenoxy) is 1. The third kappa shape index (κ3) is 3.06. The molecule has 12 heavy (non-hydrogen) atoms. The molecule has 2 N–H and O–H groups in total. The lowest BCUT2D eigenvalue weighted by Crippen LogP contribution is -2.42. The number of nitrogens with one attached hydrogen (secondary N) is 1. The van der Waals surface area contributed by atoms with Crippen LogP contribution >= 0.6 is 0 Å². The highest BCUT2D eigenvalue weighted by Gasteiger charge is 2.18. The second-order valence-electron chi connectivity index (χ2n) is 3.14. The number of methoxy groups -OCH3 is 1. The zero-order chi connectivity index (χ0) is 8.81. The maximum Gasteiger partial charge on any atom is 0.0613 e. The fourth-order valence-corrected chi connectivity index (χ4v) is 1.47. The van der Waals surface area contributed by atoms with E-state index in [1.54, 1.807) is 7.11 Å². The van der Waals surface area contributed by atoms with Crippen molar-refractivity contribution in [2.24, 2.45) is 0 Å². The van der Waals surface area contributed by atoms with E-state index in [1.807, 2.05) is 0 Å². The zero-order valence-electron chi connectivity index (χ0n) is 7.62. The van der Waals surface area contributed by atoms with Crippen LogP contribution in [-0.2, 0) is 4.74 Å². The van der Waals surface area contributed by atoms with Gasteiger partial charge in [0.25, 0.3) is 0 Å². The van der Waals surface area contributed by atoms with Crippen LogP contribution in [0.25, 0.3) is 0 Å². The molecule has 0 aromatic carbocycles. The van der Waals surface area contributed by atoms with Crippen molar-refractivity contribution in [3.8, 4) is 0 Å². The third-order valence-electron chi connectivity index (χ3n) is 2.25. The maximum atomic E-state index is 9.53. The number of rotatable bonds is 4. The van der Waals surface area contributed by atoms with Crippen LogP contribution in [0.15, 0.2) is 0 Å². The summed E-state index contributed by atoms with van der Waals surface area (Å²) < 4.78 is 4.89. The molecule has 0 bridgehead atoms. The highest BCUT2D eigenvalue weighted by Crippen LogP contribution is 2.08. The average molecular weight is 174 g/mol. The van der Waals surface area contributed by atoms with Crippen LogP contribution in [-0.4, -0.2) is 49.7 Å². The van der Waals surface area contributed by atoms with Crippen molar-refractivity contribution in [3.05, 3.63) is 0 Å².